The normalized spacial score (nSPS) is 19.4. The van der Waals surface area contributed by atoms with Crippen LogP contribution in [0.25, 0.3) is 10.2 Å². The lowest BCUT2D eigenvalue weighted by atomic mass is 9.97. The number of nitrogens with zero attached hydrogens (tertiary/aromatic N) is 4. The van der Waals surface area contributed by atoms with Crippen LogP contribution in [-0.2, 0) is 29.9 Å². The second-order valence-corrected chi connectivity index (χ2v) is 9.37. The molecule has 4 heterocycles. The highest BCUT2D eigenvalue weighted by molar-refractivity contribution is 7.98. The topological polar surface area (TPSA) is 83.0 Å². The molecule has 148 valence electrons. The summed E-state index contributed by atoms with van der Waals surface area (Å²) in [6.07, 6.45) is 6.51. The molecule has 28 heavy (non-hydrogen) atoms. The lowest BCUT2D eigenvalue weighted by molar-refractivity contribution is 0.0937. The maximum atomic E-state index is 13.5. The first-order valence-corrected chi connectivity index (χ1v) is 11.6. The van der Waals surface area contributed by atoms with E-state index < -0.39 is 0 Å². The van der Waals surface area contributed by atoms with Crippen molar-refractivity contribution in [1.82, 2.24) is 19.7 Å². The highest BCUT2D eigenvalue weighted by atomic mass is 32.2. The van der Waals surface area contributed by atoms with Crippen LogP contribution in [-0.4, -0.2) is 32.5 Å². The number of hydrogen-bond donors (Lipinski definition) is 0. The average molecular weight is 419 g/mol. The van der Waals surface area contributed by atoms with Crippen molar-refractivity contribution in [2.24, 2.45) is 0 Å². The van der Waals surface area contributed by atoms with E-state index in [1.165, 1.54) is 28.6 Å². The minimum Gasteiger partial charge on any atom is -0.425 e. The fraction of sp³-hybridized carbons (Fsp3) is 0.579. The van der Waals surface area contributed by atoms with Gasteiger partial charge in [0.05, 0.1) is 23.8 Å². The van der Waals surface area contributed by atoms with Gasteiger partial charge in [-0.25, -0.2) is 4.98 Å². The maximum absolute atomic E-state index is 13.5. The Hall–Kier alpha value is -1.71. The molecular formula is C19H22N4O3S2. The zero-order chi connectivity index (χ0) is 19.1. The van der Waals surface area contributed by atoms with Crippen LogP contribution in [0.4, 0.5) is 0 Å². The standard InChI is InChI=1S/C19H22N4O3S2/c1-11-21-22-15(26-11)10-27-19-20-17-16(13-6-2-3-7-14(13)28-17)18(24)23(19)9-12-5-4-8-25-12/h12H,2-10H2,1H3/t12-/m1/s1. The molecule has 2 aliphatic rings. The summed E-state index contributed by atoms with van der Waals surface area (Å²) in [6, 6.07) is 0. The van der Waals surface area contributed by atoms with E-state index in [0.29, 0.717) is 29.2 Å². The molecule has 1 atom stereocenters. The van der Waals surface area contributed by atoms with Gasteiger partial charge in [0, 0.05) is 18.4 Å². The minimum atomic E-state index is 0.0732. The first kappa shape index (κ1) is 18.3. The van der Waals surface area contributed by atoms with Gasteiger partial charge in [-0.05, 0) is 44.1 Å². The molecule has 0 spiro atoms. The molecule has 0 amide bonds. The molecule has 9 heteroatoms. The van der Waals surface area contributed by atoms with Crippen molar-refractivity contribution in [3.05, 3.63) is 32.6 Å². The summed E-state index contributed by atoms with van der Waals surface area (Å²) in [5.74, 6) is 1.59. The van der Waals surface area contributed by atoms with Crippen molar-refractivity contribution in [1.29, 1.82) is 0 Å². The first-order valence-electron chi connectivity index (χ1n) is 9.77. The largest absolute Gasteiger partial charge is 0.425 e. The Morgan fingerprint density at radius 3 is 2.93 bits per heavy atom. The Kier molecular flexibility index (Phi) is 4.98. The van der Waals surface area contributed by atoms with Crippen molar-refractivity contribution >= 4 is 33.3 Å². The van der Waals surface area contributed by atoms with E-state index >= 15 is 0 Å². The smallest absolute Gasteiger partial charge is 0.263 e. The molecule has 1 saturated heterocycles. The third-order valence-electron chi connectivity index (χ3n) is 5.34. The van der Waals surface area contributed by atoms with Crippen LogP contribution in [0.2, 0.25) is 0 Å². The summed E-state index contributed by atoms with van der Waals surface area (Å²) in [5.41, 5.74) is 1.30. The molecule has 0 N–H and O–H groups in total. The first-order chi connectivity index (χ1) is 13.7. The molecule has 3 aromatic rings. The van der Waals surface area contributed by atoms with E-state index in [-0.39, 0.29) is 11.7 Å². The average Bonchev–Trinajstić information content (AvgIpc) is 3.42. The van der Waals surface area contributed by atoms with Crippen LogP contribution < -0.4 is 5.56 Å². The van der Waals surface area contributed by atoms with Crippen LogP contribution >= 0.6 is 23.1 Å². The quantitative estimate of drug-likeness (QED) is 0.463. The van der Waals surface area contributed by atoms with Crippen LogP contribution in [0.15, 0.2) is 14.4 Å². The second-order valence-electron chi connectivity index (χ2n) is 7.34. The van der Waals surface area contributed by atoms with Crippen molar-refractivity contribution in [3.8, 4) is 0 Å². The molecule has 0 bridgehead atoms. The van der Waals surface area contributed by atoms with Gasteiger partial charge in [-0.3, -0.25) is 9.36 Å². The number of thiophene rings is 1. The van der Waals surface area contributed by atoms with Gasteiger partial charge < -0.3 is 9.15 Å². The summed E-state index contributed by atoms with van der Waals surface area (Å²) in [4.78, 5) is 20.6. The van der Waals surface area contributed by atoms with Crippen LogP contribution in [0, 0.1) is 6.92 Å². The number of aryl methyl sites for hydroxylation is 3. The second kappa shape index (κ2) is 7.61. The molecule has 5 rings (SSSR count). The minimum absolute atomic E-state index is 0.0732. The van der Waals surface area contributed by atoms with Gasteiger partial charge in [-0.2, -0.15) is 0 Å². The molecule has 0 aromatic carbocycles. The van der Waals surface area contributed by atoms with E-state index in [4.69, 9.17) is 14.1 Å². The molecule has 0 radical (unpaired) electrons. The Labute approximate surface area is 170 Å². The lowest BCUT2D eigenvalue weighted by Crippen LogP contribution is -2.29. The Bertz CT molecular complexity index is 1070. The molecular weight excluding hydrogens is 396 g/mol. The fourth-order valence-corrected chi connectivity index (χ4v) is 6.15. The third-order valence-corrected chi connectivity index (χ3v) is 7.49. The van der Waals surface area contributed by atoms with Crippen molar-refractivity contribution in [3.63, 3.8) is 0 Å². The molecule has 0 unspecified atom stereocenters. The number of rotatable bonds is 5. The number of thioether (sulfide) groups is 1. The van der Waals surface area contributed by atoms with Crippen LogP contribution in [0.5, 0.6) is 0 Å². The zero-order valence-electron chi connectivity index (χ0n) is 15.8. The number of ether oxygens (including phenoxy) is 1. The van der Waals surface area contributed by atoms with Crippen molar-refractivity contribution < 1.29 is 9.15 Å². The monoisotopic (exact) mass is 418 g/mol. The predicted octanol–water partition coefficient (Wildman–Crippen LogP) is 3.50. The van der Waals surface area contributed by atoms with Gasteiger partial charge in [0.1, 0.15) is 4.83 Å². The summed E-state index contributed by atoms with van der Waals surface area (Å²) < 4.78 is 13.1. The lowest BCUT2D eigenvalue weighted by Gasteiger charge is -2.16. The Morgan fingerprint density at radius 1 is 1.25 bits per heavy atom. The van der Waals surface area contributed by atoms with E-state index in [9.17, 15) is 4.79 Å². The number of aromatic nitrogens is 4. The maximum Gasteiger partial charge on any atom is 0.263 e. The van der Waals surface area contributed by atoms with Gasteiger partial charge >= 0.3 is 0 Å². The van der Waals surface area contributed by atoms with Gasteiger partial charge in [-0.15, -0.1) is 21.5 Å². The molecule has 1 fully saturated rings. The van der Waals surface area contributed by atoms with Gasteiger partial charge in [0.25, 0.3) is 5.56 Å². The summed E-state index contributed by atoms with van der Waals surface area (Å²) in [6.45, 7) is 3.10. The number of hydrogen-bond acceptors (Lipinski definition) is 8. The fourth-order valence-electron chi connectivity index (χ4n) is 4.01. The van der Waals surface area contributed by atoms with Crippen molar-refractivity contribution in [2.75, 3.05) is 6.61 Å². The summed E-state index contributed by atoms with van der Waals surface area (Å²) >= 11 is 3.16. The number of fused-ring (bicyclic) bond motifs is 3. The summed E-state index contributed by atoms with van der Waals surface area (Å²) in [5, 5.41) is 9.48. The van der Waals surface area contributed by atoms with Crippen molar-refractivity contribution in [2.45, 2.75) is 69.0 Å². The molecule has 7 nitrogen and oxygen atoms in total. The SMILES string of the molecule is Cc1nnc(CSc2nc3sc4c(c3c(=O)n2C[C@H]2CCCO2)CCCC4)o1. The van der Waals surface area contributed by atoms with Crippen LogP contribution in [0.3, 0.4) is 0 Å². The zero-order valence-corrected chi connectivity index (χ0v) is 17.4. The predicted molar refractivity (Wildman–Crippen MR) is 108 cm³/mol. The van der Waals surface area contributed by atoms with Gasteiger partial charge in [0.2, 0.25) is 11.8 Å². The van der Waals surface area contributed by atoms with E-state index in [1.807, 2.05) is 4.57 Å². The van der Waals surface area contributed by atoms with E-state index in [2.05, 4.69) is 10.2 Å². The Morgan fingerprint density at radius 2 is 2.14 bits per heavy atom. The van der Waals surface area contributed by atoms with Crippen LogP contribution in [0.1, 0.15) is 47.9 Å². The molecule has 1 aliphatic carbocycles. The third kappa shape index (κ3) is 3.40. The van der Waals surface area contributed by atoms with Gasteiger partial charge in [0.15, 0.2) is 5.16 Å². The van der Waals surface area contributed by atoms with Gasteiger partial charge in [-0.1, -0.05) is 11.8 Å². The van der Waals surface area contributed by atoms with E-state index in [0.717, 1.165) is 48.9 Å². The summed E-state index contributed by atoms with van der Waals surface area (Å²) in [7, 11) is 0. The Balaban J connectivity index is 1.56. The highest BCUT2D eigenvalue weighted by Crippen LogP contribution is 2.35. The highest BCUT2D eigenvalue weighted by Gasteiger charge is 2.25. The molecule has 3 aromatic heterocycles. The molecule has 1 aliphatic heterocycles. The molecule has 0 saturated carbocycles. The van der Waals surface area contributed by atoms with E-state index in [1.54, 1.807) is 18.3 Å².